The summed E-state index contributed by atoms with van der Waals surface area (Å²) in [6, 6.07) is 10.00. The lowest BCUT2D eigenvalue weighted by atomic mass is 9.98. The molecule has 0 aliphatic rings. The van der Waals surface area contributed by atoms with Crippen LogP contribution in [0.5, 0.6) is 0 Å². The maximum atomic E-state index is 11.5. The van der Waals surface area contributed by atoms with Gasteiger partial charge in [0.05, 0.1) is 0 Å². The number of aliphatic hydroxyl groups excluding tert-OH is 1. The second kappa shape index (κ2) is 7.01. The van der Waals surface area contributed by atoms with E-state index in [1.807, 2.05) is 37.3 Å². The molecular formula is C13H19NO2. The lowest BCUT2D eigenvalue weighted by Crippen LogP contribution is -2.26. The SMILES string of the molecule is CC(CC(=O)NCCCO)c1ccccc1. The smallest absolute Gasteiger partial charge is 0.220 e. The molecule has 0 fully saturated rings. The van der Waals surface area contributed by atoms with E-state index in [4.69, 9.17) is 5.11 Å². The number of benzene rings is 1. The predicted octanol–water partition coefficient (Wildman–Crippen LogP) is 1.68. The first-order chi connectivity index (χ1) is 7.74. The van der Waals surface area contributed by atoms with Crippen molar-refractivity contribution in [3.8, 4) is 0 Å². The summed E-state index contributed by atoms with van der Waals surface area (Å²) in [6.45, 7) is 2.71. The van der Waals surface area contributed by atoms with Crippen LogP contribution in [0.25, 0.3) is 0 Å². The fourth-order valence-electron chi connectivity index (χ4n) is 1.56. The molecule has 3 heteroatoms. The van der Waals surface area contributed by atoms with Crippen molar-refractivity contribution in [2.24, 2.45) is 0 Å². The van der Waals surface area contributed by atoms with Gasteiger partial charge in [0.2, 0.25) is 5.91 Å². The van der Waals surface area contributed by atoms with Gasteiger partial charge in [-0.1, -0.05) is 37.3 Å². The van der Waals surface area contributed by atoms with Gasteiger partial charge in [-0.05, 0) is 17.9 Å². The Morgan fingerprint density at radius 3 is 2.69 bits per heavy atom. The summed E-state index contributed by atoms with van der Waals surface area (Å²) < 4.78 is 0. The van der Waals surface area contributed by atoms with Crippen molar-refractivity contribution in [1.29, 1.82) is 0 Å². The molecule has 88 valence electrons. The normalized spacial score (nSPS) is 12.1. The predicted molar refractivity (Wildman–Crippen MR) is 64.2 cm³/mol. The molecule has 0 saturated carbocycles. The highest BCUT2D eigenvalue weighted by molar-refractivity contribution is 5.76. The van der Waals surface area contributed by atoms with Crippen LogP contribution in [0.15, 0.2) is 30.3 Å². The third-order valence-corrected chi connectivity index (χ3v) is 2.52. The number of carbonyl (C=O) groups excluding carboxylic acids is 1. The minimum absolute atomic E-state index is 0.0461. The van der Waals surface area contributed by atoms with Crippen LogP contribution in [0, 0.1) is 0 Å². The van der Waals surface area contributed by atoms with Crippen LogP contribution in [-0.4, -0.2) is 24.2 Å². The fourth-order valence-corrected chi connectivity index (χ4v) is 1.56. The quantitative estimate of drug-likeness (QED) is 0.718. The summed E-state index contributed by atoms with van der Waals surface area (Å²) >= 11 is 0. The fraction of sp³-hybridized carbons (Fsp3) is 0.462. The van der Waals surface area contributed by atoms with Crippen molar-refractivity contribution in [1.82, 2.24) is 5.32 Å². The van der Waals surface area contributed by atoms with E-state index in [2.05, 4.69) is 5.32 Å². The van der Waals surface area contributed by atoms with E-state index < -0.39 is 0 Å². The Kier molecular flexibility index (Phi) is 5.57. The van der Waals surface area contributed by atoms with Gasteiger partial charge >= 0.3 is 0 Å². The number of aliphatic hydroxyl groups is 1. The first-order valence-corrected chi connectivity index (χ1v) is 5.66. The Balaban J connectivity index is 2.34. The zero-order valence-electron chi connectivity index (χ0n) is 9.65. The molecule has 0 aliphatic heterocycles. The Bertz CT molecular complexity index is 311. The van der Waals surface area contributed by atoms with E-state index in [9.17, 15) is 4.79 Å². The monoisotopic (exact) mass is 221 g/mol. The van der Waals surface area contributed by atoms with E-state index in [1.54, 1.807) is 0 Å². The van der Waals surface area contributed by atoms with Gasteiger partial charge in [0.1, 0.15) is 0 Å². The number of hydrogen-bond donors (Lipinski definition) is 2. The second-order valence-electron chi connectivity index (χ2n) is 3.94. The molecule has 1 atom stereocenters. The third kappa shape index (κ3) is 4.45. The number of carbonyl (C=O) groups is 1. The molecule has 0 heterocycles. The van der Waals surface area contributed by atoms with E-state index in [0.29, 0.717) is 19.4 Å². The Morgan fingerprint density at radius 1 is 1.38 bits per heavy atom. The van der Waals surface area contributed by atoms with Crippen molar-refractivity contribution in [3.63, 3.8) is 0 Å². The van der Waals surface area contributed by atoms with E-state index in [-0.39, 0.29) is 18.4 Å². The molecule has 1 amide bonds. The van der Waals surface area contributed by atoms with Crippen LogP contribution < -0.4 is 5.32 Å². The number of nitrogens with one attached hydrogen (secondary N) is 1. The first-order valence-electron chi connectivity index (χ1n) is 5.66. The lowest BCUT2D eigenvalue weighted by Gasteiger charge is -2.11. The molecule has 0 radical (unpaired) electrons. The van der Waals surface area contributed by atoms with Crippen molar-refractivity contribution < 1.29 is 9.90 Å². The molecule has 1 unspecified atom stereocenters. The average Bonchev–Trinajstić information content (AvgIpc) is 2.30. The molecule has 3 nitrogen and oxygen atoms in total. The lowest BCUT2D eigenvalue weighted by molar-refractivity contribution is -0.121. The van der Waals surface area contributed by atoms with Crippen LogP contribution >= 0.6 is 0 Å². The maximum absolute atomic E-state index is 11.5. The van der Waals surface area contributed by atoms with Gasteiger partial charge in [-0.2, -0.15) is 0 Å². The Morgan fingerprint density at radius 2 is 2.06 bits per heavy atom. The molecule has 1 rings (SSSR count). The Labute approximate surface area is 96.5 Å². The third-order valence-electron chi connectivity index (χ3n) is 2.52. The minimum Gasteiger partial charge on any atom is -0.396 e. The molecule has 2 N–H and O–H groups in total. The van der Waals surface area contributed by atoms with Gasteiger partial charge in [-0.25, -0.2) is 0 Å². The molecule has 0 aromatic heterocycles. The van der Waals surface area contributed by atoms with Crippen molar-refractivity contribution in [2.75, 3.05) is 13.2 Å². The number of hydrogen-bond acceptors (Lipinski definition) is 2. The first kappa shape index (κ1) is 12.7. The highest BCUT2D eigenvalue weighted by Gasteiger charge is 2.09. The molecule has 0 aliphatic carbocycles. The second-order valence-corrected chi connectivity index (χ2v) is 3.94. The van der Waals surface area contributed by atoms with Crippen LogP contribution in [0.4, 0.5) is 0 Å². The standard InChI is InChI=1S/C13H19NO2/c1-11(12-6-3-2-4-7-12)10-13(16)14-8-5-9-15/h2-4,6-7,11,15H,5,8-10H2,1H3,(H,14,16). The summed E-state index contributed by atoms with van der Waals surface area (Å²) in [5.41, 5.74) is 1.18. The number of rotatable bonds is 6. The highest BCUT2D eigenvalue weighted by Crippen LogP contribution is 2.17. The van der Waals surface area contributed by atoms with Crippen LogP contribution in [0.3, 0.4) is 0 Å². The summed E-state index contributed by atoms with van der Waals surface area (Å²) in [4.78, 5) is 11.5. The highest BCUT2D eigenvalue weighted by atomic mass is 16.3. The van der Waals surface area contributed by atoms with Gasteiger partial charge in [0.25, 0.3) is 0 Å². The van der Waals surface area contributed by atoms with Crippen LogP contribution in [0.2, 0.25) is 0 Å². The summed E-state index contributed by atoms with van der Waals surface area (Å²) in [7, 11) is 0. The molecular weight excluding hydrogens is 202 g/mol. The van der Waals surface area contributed by atoms with Crippen molar-refractivity contribution >= 4 is 5.91 Å². The zero-order chi connectivity index (χ0) is 11.8. The molecule has 1 aromatic rings. The maximum Gasteiger partial charge on any atom is 0.220 e. The van der Waals surface area contributed by atoms with Gasteiger partial charge in [0.15, 0.2) is 0 Å². The summed E-state index contributed by atoms with van der Waals surface area (Å²) in [5.74, 6) is 0.278. The Hall–Kier alpha value is -1.35. The van der Waals surface area contributed by atoms with Crippen LogP contribution in [-0.2, 0) is 4.79 Å². The summed E-state index contributed by atoms with van der Waals surface area (Å²) in [5, 5.41) is 11.4. The van der Waals surface area contributed by atoms with Crippen molar-refractivity contribution in [3.05, 3.63) is 35.9 Å². The molecule has 16 heavy (non-hydrogen) atoms. The summed E-state index contributed by atoms with van der Waals surface area (Å²) in [6.07, 6.45) is 1.11. The number of amides is 1. The van der Waals surface area contributed by atoms with Crippen molar-refractivity contribution in [2.45, 2.75) is 25.7 Å². The van der Waals surface area contributed by atoms with Gasteiger partial charge in [-0.15, -0.1) is 0 Å². The van der Waals surface area contributed by atoms with Crippen LogP contribution in [0.1, 0.15) is 31.2 Å². The van der Waals surface area contributed by atoms with E-state index in [0.717, 1.165) is 0 Å². The average molecular weight is 221 g/mol. The largest absolute Gasteiger partial charge is 0.396 e. The molecule has 0 bridgehead atoms. The zero-order valence-corrected chi connectivity index (χ0v) is 9.65. The minimum atomic E-state index is 0.0461. The van der Waals surface area contributed by atoms with Gasteiger partial charge < -0.3 is 10.4 Å². The topological polar surface area (TPSA) is 49.3 Å². The molecule has 0 saturated heterocycles. The molecule has 1 aromatic carbocycles. The van der Waals surface area contributed by atoms with E-state index >= 15 is 0 Å². The van der Waals surface area contributed by atoms with Gasteiger partial charge in [0, 0.05) is 19.6 Å². The van der Waals surface area contributed by atoms with Gasteiger partial charge in [-0.3, -0.25) is 4.79 Å². The van der Waals surface area contributed by atoms with E-state index in [1.165, 1.54) is 5.56 Å². The molecule has 0 spiro atoms.